The van der Waals surface area contributed by atoms with Crippen molar-refractivity contribution in [1.82, 2.24) is 4.98 Å². The fraction of sp³-hybridized carbons (Fsp3) is 0.375. The van der Waals surface area contributed by atoms with E-state index in [1.54, 1.807) is 61.7 Å². The highest BCUT2D eigenvalue weighted by atomic mass is 16.6. The monoisotopic (exact) mass is 543 g/mol. The first-order valence-electron chi connectivity index (χ1n) is 13.4. The van der Waals surface area contributed by atoms with E-state index in [1.807, 2.05) is 19.9 Å². The molecule has 1 aromatic carbocycles. The molecule has 3 aliphatic rings. The zero-order chi connectivity index (χ0) is 28.5. The molecule has 2 heterocycles. The molecule has 208 valence electrons. The van der Waals surface area contributed by atoms with Gasteiger partial charge in [-0.2, -0.15) is 0 Å². The van der Waals surface area contributed by atoms with Crippen LogP contribution in [0.3, 0.4) is 0 Å². The Labute approximate surface area is 233 Å². The van der Waals surface area contributed by atoms with Crippen molar-refractivity contribution in [2.45, 2.75) is 51.4 Å². The van der Waals surface area contributed by atoms with Gasteiger partial charge in [-0.15, -0.1) is 0 Å². The predicted octanol–water partition coefficient (Wildman–Crippen LogP) is 4.62. The summed E-state index contributed by atoms with van der Waals surface area (Å²) in [6.07, 6.45) is 9.47. The normalized spacial score (nSPS) is 31.6. The molecule has 8 heteroatoms. The number of esters is 3. The Hall–Kier alpha value is -4.04. The third-order valence-electron chi connectivity index (χ3n) is 8.68. The number of cyclic esters (lactones) is 1. The molecule has 1 fully saturated rings. The molecule has 2 aromatic rings. The predicted molar refractivity (Wildman–Crippen MR) is 146 cm³/mol. The summed E-state index contributed by atoms with van der Waals surface area (Å²) in [6, 6.07) is 11.8. The highest BCUT2D eigenvalue weighted by Crippen LogP contribution is 2.58. The lowest BCUT2D eigenvalue weighted by atomic mass is 9.50. The van der Waals surface area contributed by atoms with Gasteiger partial charge in [-0.3, -0.25) is 4.98 Å². The van der Waals surface area contributed by atoms with Crippen LogP contribution in [0.25, 0.3) is 0 Å². The largest absolute Gasteiger partial charge is 0.458 e. The first-order valence-corrected chi connectivity index (χ1v) is 13.4. The number of ether oxygens (including phenoxy) is 3. The Bertz CT molecular complexity index is 1380. The summed E-state index contributed by atoms with van der Waals surface area (Å²) in [5.74, 6) is -2.32. The number of rotatable bonds is 6. The van der Waals surface area contributed by atoms with Gasteiger partial charge >= 0.3 is 17.9 Å². The van der Waals surface area contributed by atoms with E-state index in [-0.39, 0.29) is 18.1 Å². The van der Waals surface area contributed by atoms with Crippen molar-refractivity contribution in [3.63, 3.8) is 0 Å². The molecule has 2 aliphatic carbocycles. The van der Waals surface area contributed by atoms with Crippen LogP contribution in [0, 0.1) is 17.3 Å². The van der Waals surface area contributed by atoms with Gasteiger partial charge in [-0.25, -0.2) is 14.4 Å². The maximum absolute atomic E-state index is 13.4. The number of pyridine rings is 1. The molecule has 1 aromatic heterocycles. The lowest BCUT2D eigenvalue weighted by Gasteiger charge is -2.59. The van der Waals surface area contributed by atoms with E-state index in [0.717, 1.165) is 12.0 Å². The fourth-order valence-electron chi connectivity index (χ4n) is 6.33. The van der Waals surface area contributed by atoms with Crippen LogP contribution in [0.4, 0.5) is 0 Å². The molecule has 6 unspecified atom stereocenters. The number of hydrogen-bond acceptors (Lipinski definition) is 8. The second-order valence-corrected chi connectivity index (χ2v) is 11.1. The summed E-state index contributed by atoms with van der Waals surface area (Å²) in [6.45, 7) is 5.77. The van der Waals surface area contributed by atoms with E-state index < -0.39 is 47.0 Å². The highest BCUT2D eigenvalue weighted by Gasteiger charge is 2.65. The van der Waals surface area contributed by atoms with Crippen LogP contribution in [-0.4, -0.2) is 52.4 Å². The molecular formula is C32H33NO7. The first-order chi connectivity index (χ1) is 19.1. The summed E-state index contributed by atoms with van der Waals surface area (Å²) < 4.78 is 17.3. The third kappa shape index (κ3) is 4.99. The number of carbonyl (C=O) groups excluding carboxylic acids is 3. The van der Waals surface area contributed by atoms with Crippen LogP contribution in [0.5, 0.6) is 0 Å². The number of aliphatic hydroxyl groups is 1. The number of fused-ring (bicyclic) bond motifs is 1. The molecule has 0 radical (unpaired) electrons. The molecule has 0 bridgehead atoms. The molecule has 40 heavy (non-hydrogen) atoms. The average molecular weight is 544 g/mol. The molecular weight excluding hydrogens is 510 g/mol. The maximum Gasteiger partial charge on any atom is 0.340 e. The molecule has 0 saturated heterocycles. The summed E-state index contributed by atoms with van der Waals surface area (Å²) in [5, 5.41) is 12.2. The summed E-state index contributed by atoms with van der Waals surface area (Å²) in [4.78, 5) is 42.4. The van der Waals surface area contributed by atoms with E-state index in [2.05, 4.69) is 11.1 Å². The van der Waals surface area contributed by atoms with Gasteiger partial charge in [0.15, 0.2) is 12.2 Å². The first kappa shape index (κ1) is 27.5. The smallest absolute Gasteiger partial charge is 0.340 e. The molecule has 5 rings (SSSR count). The van der Waals surface area contributed by atoms with Crippen molar-refractivity contribution in [1.29, 1.82) is 0 Å². The highest BCUT2D eigenvalue weighted by molar-refractivity contribution is 5.90. The number of carbonyl (C=O) groups is 3. The Kier molecular flexibility index (Phi) is 7.47. The van der Waals surface area contributed by atoms with Crippen molar-refractivity contribution in [2.24, 2.45) is 17.3 Å². The number of hydrogen-bond donors (Lipinski definition) is 1. The number of benzene rings is 1. The van der Waals surface area contributed by atoms with Gasteiger partial charge in [0.2, 0.25) is 0 Å². The minimum atomic E-state index is -1.63. The van der Waals surface area contributed by atoms with Gasteiger partial charge in [0, 0.05) is 29.8 Å². The lowest BCUT2D eigenvalue weighted by molar-refractivity contribution is -0.221. The van der Waals surface area contributed by atoms with E-state index in [4.69, 9.17) is 14.2 Å². The molecule has 1 N–H and O–H groups in total. The Morgan fingerprint density at radius 3 is 2.42 bits per heavy atom. The van der Waals surface area contributed by atoms with Gasteiger partial charge in [0.05, 0.1) is 11.1 Å². The minimum Gasteiger partial charge on any atom is -0.458 e. The van der Waals surface area contributed by atoms with Crippen molar-refractivity contribution in [3.8, 4) is 0 Å². The molecule has 1 saturated carbocycles. The molecule has 0 amide bonds. The van der Waals surface area contributed by atoms with Gasteiger partial charge in [-0.1, -0.05) is 48.9 Å². The van der Waals surface area contributed by atoms with Gasteiger partial charge in [0.25, 0.3) is 0 Å². The van der Waals surface area contributed by atoms with Crippen LogP contribution in [0.15, 0.2) is 90.3 Å². The molecule has 0 spiro atoms. The quantitative estimate of drug-likeness (QED) is 0.319. The fourth-order valence-corrected chi connectivity index (χ4v) is 6.33. The lowest BCUT2D eigenvalue weighted by Crippen LogP contribution is -2.68. The SMILES string of the molecule is CC1=CCCC2C(C=CC3=CC(=O)OC3)C(C)(O)C(OC(=O)c3ccccc3)C(OC(=O)c3cccnc3)C12C. The van der Waals surface area contributed by atoms with E-state index in [0.29, 0.717) is 17.6 Å². The van der Waals surface area contributed by atoms with Crippen molar-refractivity contribution < 1.29 is 33.7 Å². The van der Waals surface area contributed by atoms with Gasteiger partial charge in [-0.05, 0) is 62.4 Å². The average Bonchev–Trinajstić information content (AvgIpc) is 3.37. The Balaban J connectivity index is 1.60. The zero-order valence-electron chi connectivity index (χ0n) is 22.8. The third-order valence-corrected chi connectivity index (χ3v) is 8.68. The van der Waals surface area contributed by atoms with Crippen LogP contribution in [-0.2, 0) is 19.0 Å². The van der Waals surface area contributed by atoms with Crippen molar-refractivity contribution in [2.75, 3.05) is 6.61 Å². The van der Waals surface area contributed by atoms with Crippen molar-refractivity contribution >= 4 is 17.9 Å². The van der Waals surface area contributed by atoms with E-state index in [1.165, 1.54) is 12.3 Å². The van der Waals surface area contributed by atoms with E-state index in [9.17, 15) is 19.5 Å². The second-order valence-electron chi connectivity index (χ2n) is 11.1. The topological polar surface area (TPSA) is 112 Å². The second kappa shape index (κ2) is 10.8. The minimum absolute atomic E-state index is 0.156. The van der Waals surface area contributed by atoms with Gasteiger partial charge < -0.3 is 19.3 Å². The molecule has 6 atom stereocenters. The van der Waals surface area contributed by atoms with Gasteiger partial charge in [0.1, 0.15) is 12.2 Å². The van der Waals surface area contributed by atoms with Crippen molar-refractivity contribution in [3.05, 3.63) is 101 Å². The van der Waals surface area contributed by atoms with Crippen LogP contribution >= 0.6 is 0 Å². The Morgan fingerprint density at radius 2 is 1.75 bits per heavy atom. The van der Waals surface area contributed by atoms with Crippen LogP contribution < -0.4 is 0 Å². The zero-order valence-corrected chi connectivity index (χ0v) is 22.8. The maximum atomic E-state index is 13.4. The Morgan fingerprint density at radius 1 is 1.05 bits per heavy atom. The van der Waals surface area contributed by atoms with Crippen LogP contribution in [0.2, 0.25) is 0 Å². The summed E-state index contributed by atoms with van der Waals surface area (Å²) >= 11 is 0. The summed E-state index contributed by atoms with van der Waals surface area (Å²) in [7, 11) is 0. The number of aromatic nitrogens is 1. The summed E-state index contributed by atoms with van der Waals surface area (Å²) in [5.41, 5.74) is -0.155. The molecule has 1 aliphatic heterocycles. The number of nitrogens with zero attached hydrogens (tertiary/aromatic N) is 1. The standard InChI is InChI=1S/C32H33NO7/c1-20-9-7-13-24-25(15-14-21-17-26(34)38-19-21)32(3,37)28(40-29(35)22-10-5-4-6-11-22)27(31(20,24)2)39-30(36)23-12-8-16-33-18-23/h4-6,8-12,14-18,24-25,27-28,37H,7,13,19H2,1-3H3. The number of allylic oxidation sites excluding steroid dienone is 1. The van der Waals surface area contributed by atoms with E-state index >= 15 is 0 Å². The molecule has 8 nitrogen and oxygen atoms in total. The van der Waals surface area contributed by atoms with Crippen LogP contribution in [0.1, 0.15) is 54.3 Å².